The predicted molar refractivity (Wildman–Crippen MR) is 55.8 cm³/mol. The fourth-order valence-electron chi connectivity index (χ4n) is 1.05. The van der Waals surface area contributed by atoms with Gasteiger partial charge < -0.3 is 4.74 Å². The molecule has 15 heavy (non-hydrogen) atoms. The molecule has 0 amide bonds. The van der Waals surface area contributed by atoms with Crippen molar-refractivity contribution in [1.29, 1.82) is 5.26 Å². The maximum absolute atomic E-state index is 11.2. The lowest BCUT2D eigenvalue weighted by Gasteiger charge is -2.06. The van der Waals surface area contributed by atoms with E-state index < -0.39 is 0 Å². The number of carbonyl (C=O) groups excluding carboxylic acids is 1. The van der Waals surface area contributed by atoms with Crippen molar-refractivity contribution < 1.29 is 9.53 Å². The second kappa shape index (κ2) is 5.16. The number of benzene rings is 1. The summed E-state index contributed by atoms with van der Waals surface area (Å²) in [5.41, 5.74) is 1.41. The minimum Gasteiger partial charge on any atom is -0.461 e. The molecule has 0 radical (unpaired) electrons. The summed E-state index contributed by atoms with van der Waals surface area (Å²) in [7, 11) is 0. The summed E-state index contributed by atoms with van der Waals surface area (Å²) in [5, 5.41) is 8.67. The first-order valence-electron chi connectivity index (χ1n) is 4.79. The molecule has 0 fully saturated rings. The number of hydrogen-bond acceptors (Lipinski definition) is 3. The normalized spacial score (nSPS) is 9.73. The third-order valence-electron chi connectivity index (χ3n) is 1.91. The SMILES string of the molecule is CC(C)C(=O)OCc1cccc(C#N)c1. The number of ether oxygens (including phenoxy) is 1. The van der Waals surface area contributed by atoms with Crippen LogP contribution in [0.4, 0.5) is 0 Å². The van der Waals surface area contributed by atoms with E-state index in [1.54, 1.807) is 32.0 Å². The van der Waals surface area contributed by atoms with Gasteiger partial charge in [-0.3, -0.25) is 4.79 Å². The van der Waals surface area contributed by atoms with E-state index in [-0.39, 0.29) is 18.5 Å². The van der Waals surface area contributed by atoms with Crippen LogP contribution in [0.15, 0.2) is 24.3 Å². The van der Waals surface area contributed by atoms with Crippen molar-refractivity contribution in [1.82, 2.24) is 0 Å². The maximum atomic E-state index is 11.2. The number of carbonyl (C=O) groups is 1. The van der Waals surface area contributed by atoms with Gasteiger partial charge in [-0.1, -0.05) is 26.0 Å². The highest BCUT2D eigenvalue weighted by atomic mass is 16.5. The second-order valence-electron chi connectivity index (χ2n) is 3.57. The highest BCUT2D eigenvalue weighted by Gasteiger charge is 2.08. The molecule has 0 aliphatic heterocycles. The van der Waals surface area contributed by atoms with Crippen molar-refractivity contribution in [2.24, 2.45) is 5.92 Å². The Hall–Kier alpha value is -1.82. The van der Waals surface area contributed by atoms with E-state index in [2.05, 4.69) is 0 Å². The van der Waals surface area contributed by atoms with E-state index in [1.165, 1.54) is 0 Å². The molecule has 1 rings (SSSR count). The van der Waals surface area contributed by atoms with Gasteiger partial charge in [-0.15, -0.1) is 0 Å². The highest BCUT2D eigenvalue weighted by Crippen LogP contribution is 2.07. The highest BCUT2D eigenvalue weighted by molar-refractivity contribution is 5.71. The third kappa shape index (κ3) is 3.43. The minimum absolute atomic E-state index is 0.121. The van der Waals surface area contributed by atoms with Crippen LogP contribution < -0.4 is 0 Å². The van der Waals surface area contributed by atoms with Gasteiger partial charge in [-0.25, -0.2) is 0 Å². The zero-order valence-corrected chi connectivity index (χ0v) is 8.86. The first-order chi connectivity index (χ1) is 7.13. The molecule has 0 unspecified atom stereocenters. The van der Waals surface area contributed by atoms with E-state index in [4.69, 9.17) is 10.00 Å². The second-order valence-corrected chi connectivity index (χ2v) is 3.57. The molecule has 3 heteroatoms. The van der Waals surface area contributed by atoms with Crippen molar-refractivity contribution in [2.45, 2.75) is 20.5 Å². The largest absolute Gasteiger partial charge is 0.461 e. The molecular formula is C12H13NO2. The summed E-state index contributed by atoms with van der Waals surface area (Å²) in [6.07, 6.45) is 0. The molecule has 0 saturated heterocycles. The van der Waals surface area contributed by atoms with Crippen LogP contribution >= 0.6 is 0 Å². The molecule has 0 spiro atoms. The predicted octanol–water partition coefficient (Wildman–Crippen LogP) is 2.26. The van der Waals surface area contributed by atoms with Crippen molar-refractivity contribution >= 4 is 5.97 Å². The van der Waals surface area contributed by atoms with E-state index in [1.807, 2.05) is 12.1 Å². The molecule has 0 aliphatic rings. The summed E-state index contributed by atoms with van der Waals surface area (Å²) in [5.74, 6) is -0.346. The molecule has 0 aromatic heterocycles. The third-order valence-corrected chi connectivity index (χ3v) is 1.91. The molecule has 3 nitrogen and oxygen atoms in total. The van der Waals surface area contributed by atoms with Gasteiger partial charge in [0.2, 0.25) is 0 Å². The number of nitrogens with zero attached hydrogens (tertiary/aromatic N) is 1. The minimum atomic E-state index is -0.225. The van der Waals surface area contributed by atoms with Gasteiger partial charge in [-0.05, 0) is 17.7 Å². The van der Waals surface area contributed by atoms with Crippen LogP contribution in [0.5, 0.6) is 0 Å². The Balaban J connectivity index is 2.59. The Labute approximate surface area is 89.3 Å². The molecule has 0 N–H and O–H groups in total. The van der Waals surface area contributed by atoms with Crippen LogP contribution in [-0.4, -0.2) is 5.97 Å². The van der Waals surface area contributed by atoms with Crippen molar-refractivity contribution in [3.05, 3.63) is 35.4 Å². The van der Waals surface area contributed by atoms with Gasteiger partial charge in [-0.2, -0.15) is 5.26 Å². The average molecular weight is 203 g/mol. The van der Waals surface area contributed by atoms with Gasteiger partial charge in [0, 0.05) is 0 Å². The van der Waals surface area contributed by atoms with Crippen LogP contribution in [0.1, 0.15) is 25.0 Å². The molecule has 0 atom stereocenters. The van der Waals surface area contributed by atoms with E-state index in [0.29, 0.717) is 5.56 Å². The number of esters is 1. The van der Waals surface area contributed by atoms with Crippen LogP contribution in [0.2, 0.25) is 0 Å². The summed E-state index contributed by atoms with van der Waals surface area (Å²) in [4.78, 5) is 11.2. The molecule has 0 saturated carbocycles. The fraction of sp³-hybridized carbons (Fsp3) is 0.333. The summed E-state index contributed by atoms with van der Waals surface area (Å²) in [6.45, 7) is 3.80. The first kappa shape index (κ1) is 11.3. The van der Waals surface area contributed by atoms with Gasteiger partial charge in [0.1, 0.15) is 6.61 Å². The van der Waals surface area contributed by atoms with Crippen molar-refractivity contribution in [2.75, 3.05) is 0 Å². The quantitative estimate of drug-likeness (QED) is 0.708. The topological polar surface area (TPSA) is 50.1 Å². The molecule has 78 valence electrons. The molecule has 0 aliphatic carbocycles. The Morgan fingerprint density at radius 2 is 2.27 bits per heavy atom. The van der Waals surface area contributed by atoms with Gasteiger partial charge in [0.05, 0.1) is 17.6 Å². The van der Waals surface area contributed by atoms with Crippen molar-refractivity contribution in [3.63, 3.8) is 0 Å². The lowest BCUT2D eigenvalue weighted by molar-refractivity contribution is -0.148. The molecular weight excluding hydrogens is 190 g/mol. The Morgan fingerprint density at radius 1 is 1.53 bits per heavy atom. The Morgan fingerprint density at radius 3 is 2.87 bits per heavy atom. The Kier molecular flexibility index (Phi) is 3.87. The van der Waals surface area contributed by atoms with Gasteiger partial charge >= 0.3 is 5.97 Å². The number of rotatable bonds is 3. The van der Waals surface area contributed by atoms with Crippen LogP contribution in [0.25, 0.3) is 0 Å². The summed E-state index contributed by atoms with van der Waals surface area (Å²) >= 11 is 0. The van der Waals surface area contributed by atoms with Gasteiger partial charge in [0.25, 0.3) is 0 Å². The lowest BCUT2D eigenvalue weighted by atomic mass is 10.1. The first-order valence-corrected chi connectivity index (χ1v) is 4.79. The van der Waals surface area contributed by atoms with Gasteiger partial charge in [0.15, 0.2) is 0 Å². The molecule has 0 bridgehead atoms. The zero-order chi connectivity index (χ0) is 11.3. The van der Waals surface area contributed by atoms with Crippen LogP contribution in [0, 0.1) is 17.2 Å². The van der Waals surface area contributed by atoms with Crippen LogP contribution in [0.3, 0.4) is 0 Å². The van der Waals surface area contributed by atoms with Crippen LogP contribution in [-0.2, 0) is 16.1 Å². The molecule has 1 aromatic carbocycles. The molecule has 0 heterocycles. The van der Waals surface area contributed by atoms with E-state index >= 15 is 0 Å². The summed E-state index contributed by atoms with van der Waals surface area (Å²) in [6, 6.07) is 9.07. The standard InChI is InChI=1S/C12H13NO2/c1-9(2)12(14)15-8-11-5-3-4-10(6-11)7-13/h3-6,9H,8H2,1-2H3. The van der Waals surface area contributed by atoms with E-state index in [9.17, 15) is 4.79 Å². The average Bonchev–Trinajstić information content (AvgIpc) is 2.26. The number of nitriles is 1. The monoisotopic (exact) mass is 203 g/mol. The van der Waals surface area contributed by atoms with E-state index in [0.717, 1.165) is 5.56 Å². The number of hydrogen-bond donors (Lipinski definition) is 0. The lowest BCUT2D eigenvalue weighted by Crippen LogP contribution is -2.11. The van der Waals surface area contributed by atoms with Crippen molar-refractivity contribution in [3.8, 4) is 6.07 Å². The summed E-state index contributed by atoms with van der Waals surface area (Å²) < 4.78 is 5.04. The fourth-order valence-corrected chi connectivity index (χ4v) is 1.05. The smallest absolute Gasteiger partial charge is 0.308 e. The maximum Gasteiger partial charge on any atom is 0.308 e. The zero-order valence-electron chi connectivity index (χ0n) is 8.86. The Bertz CT molecular complexity index is 391. The molecule has 1 aromatic rings.